The van der Waals surface area contributed by atoms with E-state index in [1.54, 1.807) is 0 Å². The summed E-state index contributed by atoms with van der Waals surface area (Å²) in [5.41, 5.74) is 0.702. The predicted molar refractivity (Wildman–Crippen MR) is 70.8 cm³/mol. The lowest BCUT2D eigenvalue weighted by Crippen LogP contribution is -2.48. The molecule has 1 aromatic rings. The second kappa shape index (κ2) is 5.33. The highest BCUT2D eigenvalue weighted by molar-refractivity contribution is 5.18. The third kappa shape index (κ3) is 2.87. The van der Waals surface area contributed by atoms with Crippen molar-refractivity contribution in [1.82, 2.24) is 15.2 Å². The number of hydrogen-bond acceptors (Lipinski definition) is 3. The minimum Gasteiger partial charge on any atom is -0.314 e. The largest absolute Gasteiger partial charge is 0.314 e. The molecule has 0 radical (unpaired) electrons. The number of halogens is 1. The van der Waals surface area contributed by atoms with Gasteiger partial charge in [-0.2, -0.15) is 4.39 Å². The van der Waals surface area contributed by atoms with Crippen molar-refractivity contribution in [3.05, 3.63) is 29.8 Å². The molecule has 100 valence electrons. The van der Waals surface area contributed by atoms with Gasteiger partial charge in [0.1, 0.15) is 0 Å². The Hall–Kier alpha value is -1.00. The Morgan fingerprint density at radius 1 is 1.33 bits per heavy atom. The fourth-order valence-electron chi connectivity index (χ4n) is 2.75. The Kier molecular flexibility index (Phi) is 3.97. The molecule has 0 saturated carbocycles. The van der Waals surface area contributed by atoms with Crippen LogP contribution in [-0.2, 0) is 0 Å². The summed E-state index contributed by atoms with van der Waals surface area (Å²) in [7, 11) is 0. The van der Waals surface area contributed by atoms with Gasteiger partial charge in [-0.15, -0.1) is 0 Å². The zero-order valence-electron chi connectivity index (χ0n) is 11.4. The first-order valence-corrected chi connectivity index (χ1v) is 6.55. The summed E-state index contributed by atoms with van der Waals surface area (Å²) in [5, 5.41) is 3.34. The van der Waals surface area contributed by atoms with E-state index in [1.165, 1.54) is 6.20 Å². The molecule has 1 N–H and O–H groups in total. The van der Waals surface area contributed by atoms with Gasteiger partial charge in [0.05, 0.1) is 0 Å². The lowest BCUT2D eigenvalue weighted by molar-refractivity contribution is 0.0828. The first kappa shape index (κ1) is 13.4. The maximum atomic E-state index is 14.0. The van der Waals surface area contributed by atoms with Crippen LogP contribution in [-0.4, -0.2) is 36.1 Å². The average molecular weight is 251 g/mol. The molecule has 0 unspecified atom stereocenters. The van der Waals surface area contributed by atoms with Gasteiger partial charge in [0.15, 0.2) is 0 Å². The van der Waals surface area contributed by atoms with Crippen LogP contribution in [0, 0.1) is 11.4 Å². The highest BCUT2D eigenvalue weighted by Gasteiger charge is 2.34. The fraction of sp³-hybridized carbons (Fsp3) is 0.643. The Morgan fingerprint density at radius 2 is 2.00 bits per heavy atom. The summed E-state index contributed by atoms with van der Waals surface area (Å²) in [6.45, 7) is 10.3. The first-order chi connectivity index (χ1) is 8.50. The van der Waals surface area contributed by atoms with Crippen LogP contribution in [0.5, 0.6) is 0 Å². The van der Waals surface area contributed by atoms with Crippen LogP contribution in [0.3, 0.4) is 0 Å². The predicted octanol–water partition coefficient (Wildman–Crippen LogP) is 2.21. The lowest BCUT2D eigenvalue weighted by atomic mass is 9.81. The minimum atomic E-state index is -0.337. The van der Waals surface area contributed by atoms with Crippen molar-refractivity contribution in [2.75, 3.05) is 26.2 Å². The number of aromatic nitrogens is 1. The number of piperazine rings is 1. The maximum absolute atomic E-state index is 14.0. The number of rotatable bonds is 2. The van der Waals surface area contributed by atoms with Crippen LogP contribution < -0.4 is 5.32 Å². The quantitative estimate of drug-likeness (QED) is 0.817. The van der Waals surface area contributed by atoms with Gasteiger partial charge in [0.25, 0.3) is 0 Å². The first-order valence-electron chi connectivity index (χ1n) is 6.55. The second-order valence-corrected chi connectivity index (χ2v) is 5.94. The molecule has 1 aliphatic rings. The molecule has 1 fully saturated rings. The molecule has 4 heteroatoms. The third-order valence-electron chi connectivity index (χ3n) is 3.42. The normalized spacial score (nSPS) is 19.8. The number of hydrogen-bond donors (Lipinski definition) is 1. The van der Waals surface area contributed by atoms with Crippen LogP contribution in [0.1, 0.15) is 32.4 Å². The Labute approximate surface area is 108 Å². The third-order valence-corrected chi connectivity index (χ3v) is 3.42. The van der Waals surface area contributed by atoms with Gasteiger partial charge < -0.3 is 5.32 Å². The van der Waals surface area contributed by atoms with Crippen LogP contribution >= 0.6 is 0 Å². The average Bonchev–Trinajstić information content (AvgIpc) is 2.32. The van der Waals surface area contributed by atoms with E-state index >= 15 is 0 Å². The molecule has 0 amide bonds. The van der Waals surface area contributed by atoms with Gasteiger partial charge in [0.2, 0.25) is 5.95 Å². The molecule has 0 bridgehead atoms. The standard InChI is InChI=1S/C14H22FN3/c1-14(2,3)12(18-9-7-16-8-10-18)11-5-4-6-17-13(11)15/h4-6,12,16H,7-10H2,1-3H3/t12-/m0/s1. The summed E-state index contributed by atoms with van der Waals surface area (Å²) >= 11 is 0. The fourth-order valence-corrected chi connectivity index (χ4v) is 2.75. The van der Waals surface area contributed by atoms with Gasteiger partial charge >= 0.3 is 0 Å². The van der Waals surface area contributed by atoms with E-state index in [9.17, 15) is 4.39 Å². The monoisotopic (exact) mass is 251 g/mol. The molecular formula is C14H22FN3. The molecule has 2 rings (SSSR count). The summed E-state index contributed by atoms with van der Waals surface area (Å²) < 4.78 is 14.0. The van der Waals surface area contributed by atoms with Crippen molar-refractivity contribution < 1.29 is 4.39 Å². The number of pyridine rings is 1. The molecule has 0 aliphatic carbocycles. The van der Waals surface area contributed by atoms with E-state index in [0.29, 0.717) is 5.56 Å². The van der Waals surface area contributed by atoms with Crippen molar-refractivity contribution in [1.29, 1.82) is 0 Å². The van der Waals surface area contributed by atoms with Crippen LogP contribution in [0.15, 0.2) is 18.3 Å². The smallest absolute Gasteiger partial charge is 0.217 e. The van der Waals surface area contributed by atoms with Gasteiger partial charge in [-0.3, -0.25) is 4.90 Å². The van der Waals surface area contributed by atoms with Gasteiger partial charge in [-0.1, -0.05) is 26.8 Å². The molecule has 0 aromatic carbocycles. The zero-order chi connectivity index (χ0) is 13.2. The van der Waals surface area contributed by atoms with Gasteiger partial charge in [0, 0.05) is 44.0 Å². The van der Waals surface area contributed by atoms with Crippen molar-refractivity contribution >= 4 is 0 Å². The Balaban J connectivity index is 2.34. The van der Waals surface area contributed by atoms with E-state index in [1.807, 2.05) is 12.1 Å². The van der Waals surface area contributed by atoms with Gasteiger partial charge in [-0.25, -0.2) is 4.98 Å². The second-order valence-electron chi connectivity index (χ2n) is 5.94. The Morgan fingerprint density at radius 3 is 2.56 bits per heavy atom. The molecule has 2 heterocycles. The summed E-state index contributed by atoms with van der Waals surface area (Å²) in [5.74, 6) is -0.337. The molecule has 18 heavy (non-hydrogen) atoms. The molecule has 1 atom stereocenters. The molecule has 1 saturated heterocycles. The van der Waals surface area contributed by atoms with Crippen molar-refractivity contribution in [2.45, 2.75) is 26.8 Å². The number of nitrogens with one attached hydrogen (secondary N) is 1. The van der Waals surface area contributed by atoms with Crippen molar-refractivity contribution in [3.8, 4) is 0 Å². The zero-order valence-corrected chi connectivity index (χ0v) is 11.4. The SMILES string of the molecule is CC(C)(C)[C@H](c1cccnc1F)N1CCNCC1. The molecular weight excluding hydrogens is 229 g/mol. The summed E-state index contributed by atoms with van der Waals surface area (Å²) in [6.07, 6.45) is 1.51. The van der Waals surface area contributed by atoms with Crippen LogP contribution in [0.4, 0.5) is 4.39 Å². The molecule has 3 nitrogen and oxygen atoms in total. The van der Waals surface area contributed by atoms with E-state index in [2.05, 4.69) is 36.0 Å². The molecule has 0 spiro atoms. The highest BCUT2D eigenvalue weighted by Crippen LogP contribution is 2.38. The molecule has 1 aliphatic heterocycles. The van der Waals surface area contributed by atoms with Crippen LogP contribution in [0.25, 0.3) is 0 Å². The summed E-state index contributed by atoms with van der Waals surface area (Å²) in [6, 6.07) is 3.76. The maximum Gasteiger partial charge on any atom is 0.217 e. The highest BCUT2D eigenvalue weighted by atomic mass is 19.1. The topological polar surface area (TPSA) is 28.2 Å². The number of nitrogens with zero attached hydrogens (tertiary/aromatic N) is 2. The molecule has 1 aromatic heterocycles. The Bertz CT molecular complexity index is 394. The van der Waals surface area contributed by atoms with Crippen molar-refractivity contribution in [3.63, 3.8) is 0 Å². The van der Waals surface area contributed by atoms with E-state index < -0.39 is 0 Å². The van der Waals surface area contributed by atoms with E-state index in [-0.39, 0.29) is 17.4 Å². The van der Waals surface area contributed by atoms with Crippen LogP contribution in [0.2, 0.25) is 0 Å². The van der Waals surface area contributed by atoms with Gasteiger partial charge in [-0.05, 0) is 11.5 Å². The lowest BCUT2D eigenvalue weighted by Gasteiger charge is -2.42. The minimum absolute atomic E-state index is 0.0127. The summed E-state index contributed by atoms with van der Waals surface area (Å²) in [4.78, 5) is 6.16. The van der Waals surface area contributed by atoms with E-state index in [0.717, 1.165) is 26.2 Å². The van der Waals surface area contributed by atoms with E-state index in [4.69, 9.17) is 0 Å². The van der Waals surface area contributed by atoms with Crippen molar-refractivity contribution in [2.24, 2.45) is 5.41 Å².